The molecule has 4 rings (SSSR count). The van der Waals surface area contributed by atoms with Gasteiger partial charge in [-0.05, 0) is 12.1 Å². The molecule has 3 aromatic heterocycles. The maximum absolute atomic E-state index is 14.6. The third-order valence-electron chi connectivity index (χ3n) is 4.31. The number of hydrogen-bond donors (Lipinski definition) is 2. The minimum absolute atomic E-state index is 0.0126. The van der Waals surface area contributed by atoms with E-state index in [9.17, 15) is 13.2 Å². The topological polar surface area (TPSA) is 113 Å². The number of aliphatic hydroxyl groups excluding tert-OH is 1. The van der Waals surface area contributed by atoms with E-state index in [0.717, 1.165) is 18.5 Å². The van der Waals surface area contributed by atoms with Gasteiger partial charge in [-0.3, -0.25) is 0 Å². The quantitative estimate of drug-likeness (QED) is 0.481. The van der Waals surface area contributed by atoms with E-state index in [1.54, 1.807) is 0 Å². The third-order valence-corrected chi connectivity index (χ3v) is 4.59. The summed E-state index contributed by atoms with van der Waals surface area (Å²) in [6.07, 6.45) is 3.82. The molecule has 0 aliphatic heterocycles. The van der Waals surface area contributed by atoms with Gasteiger partial charge in [0, 0.05) is 23.7 Å². The number of aliphatic hydroxyl groups is 1. The smallest absolute Gasteiger partial charge is 0.312 e. The van der Waals surface area contributed by atoms with Crippen LogP contribution in [0.1, 0.15) is 11.3 Å². The van der Waals surface area contributed by atoms with Gasteiger partial charge in [0.25, 0.3) is 0 Å². The van der Waals surface area contributed by atoms with Gasteiger partial charge in [-0.2, -0.15) is 19.1 Å². The molecule has 4 aromatic rings. The summed E-state index contributed by atoms with van der Waals surface area (Å²) in [6, 6.07) is 6.66. The minimum Gasteiger partial charge on any atom is -0.390 e. The van der Waals surface area contributed by atoms with Crippen molar-refractivity contribution in [1.29, 1.82) is 5.26 Å². The number of rotatable bonds is 5. The van der Waals surface area contributed by atoms with Crippen LogP contribution < -0.4 is 5.32 Å². The van der Waals surface area contributed by atoms with E-state index >= 15 is 0 Å². The summed E-state index contributed by atoms with van der Waals surface area (Å²) in [4.78, 5) is 11.5. The first-order valence-electron chi connectivity index (χ1n) is 8.64. The molecule has 2 N–H and O–H groups in total. The van der Waals surface area contributed by atoms with E-state index in [1.165, 1.54) is 29.2 Å². The second-order valence-corrected chi connectivity index (χ2v) is 6.77. The van der Waals surface area contributed by atoms with Crippen LogP contribution in [0.15, 0.2) is 43.0 Å². The number of nitrogens with one attached hydrogen (secondary N) is 1. The number of nitrogens with zero attached hydrogens (tertiary/aromatic N) is 6. The molecule has 0 saturated carbocycles. The molecule has 0 atom stereocenters. The van der Waals surface area contributed by atoms with Gasteiger partial charge in [-0.15, -0.1) is 0 Å². The second-order valence-electron chi connectivity index (χ2n) is 6.36. The average Bonchev–Trinajstić information content (AvgIpc) is 3.16. The first-order valence-corrected chi connectivity index (χ1v) is 9.01. The zero-order valence-electron chi connectivity index (χ0n) is 15.4. The van der Waals surface area contributed by atoms with Gasteiger partial charge in [-0.25, -0.2) is 24.0 Å². The van der Waals surface area contributed by atoms with Crippen molar-refractivity contribution in [2.75, 3.05) is 11.9 Å². The molecule has 0 amide bonds. The molecule has 12 heteroatoms. The lowest BCUT2D eigenvalue weighted by atomic mass is 10.2. The number of hydrogen-bond acceptors (Lipinski definition) is 7. The van der Waals surface area contributed by atoms with Crippen LogP contribution in [0.5, 0.6) is 0 Å². The Bertz CT molecular complexity index is 1310. The summed E-state index contributed by atoms with van der Waals surface area (Å²) in [5.41, 5.74) is -0.242. The Labute approximate surface area is 177 Å². The van der Waals surface area contributed by atoms with E-state index in [0.29, 0.717) is 10.9 Å². The fourth-order valence-electron chi connectivity index (χ4n) is 2.84. The number of aromatic nitrogens is 5. The monoisotopic (exact) mass is 445 g/mol. The summed E-state index contributed by atoms with van der Waals surface area (Å²) < 4.78 is 43.2. The highest BCUT2D eigenvalue weighted by molar-refractivity contribution is 6.32. The van der Waals surface area contributed by atoms with Crippen LogP contribution in [0.2, 0.25) is 5.02 Å². The second kappa shape index (κ2) is 7.82. The van der Waals surface area contributed by atoms with Crippen molar-refractivity contribution in [3.8, 4) is 11.8 Å². The van der Waals surface area contributed by atoms with Crippen molar-refractivity contribution in [2.45, 2.75) is 5.92 Å². The predicted octanol–water partition coefficient (Wildman–Crippen LogP) is 3.70. The Hall–Kier alpha value is -3.75. The standard InChI is InChI=1S/C19H11ClF3N7O/c20-12-1-10(5-24)2-13(21)18(12)30-14-3-16(25-6-11(14)7-28-30)29-17-4-15(26-9-27-17)19(22,23)8-31/h1-4,6-7,9,31H,8H2,(H,25,26,27,29). The van der Waals surface area contributed by atoms with Crippen molar-refractivity contribution in [2.24, 2.45) is 0 Å². The zero-order chi connectivity index (χ0) is 22.2. The molecule has 8 nitrogen and oxygen atoms in total. The lowest BCUT2D eigenvalue weighted by Gasteiger charge is -2.13. The molecule has 0 saturated heterocycles. The summed E-state index contributed by atoms with van der Waals surface area (Å²) in [6.45, 7) is -1.40. The third kappa shape index (κ3) is 3.86. The van der Waals surface area contributed by atoms with Crippen molar-refractivity contribution >= 4 is 34.1 Å². The van der Waals surface area contributed by atoms with E-state index in [1.807, 2.05) is 6.07 Å². The molecule has 0 fully saturated rings. The largest absolute Gasteiger partial charge is 0.390 e. The van der Waals surface area contributed by atoms with Crippen LogP contribution in [0, 0.1) is 17.1 Å². The number of halogens is 4. The van der Waals surface area contributed by atoms with Crippen LogP contribution in [-0.2, 0) is 5.92 Å². The summed E-state index contributed by atoms with van der Waals surface area (Å²) >= 11 is 6.16. The first kappa shape index (κ1) is 20.5. The first-order chi connectivity index (χ1) is 14.8. The van der Waals surface area contributed by atoms with Gasteiger partial charge in [0.15, 0.2) is 5.82 Å². The van der Waals surface area contributed by atoms with Gasteiger partial charge in [0.05, 0.1) is 28.4 Å². The van der Waals surface area contributed by atoms with E-state index in [4.69, 9.17) is 22.0 Å². The SMILES string of the molecule is N#Cc1cc(F)c(-n2ncc3cnc(Nc4cc(C(F)(F)CO)ncn4)cc32)c(Cl)c1. The highest BCUT2D eigenvalue weighted by Gasteiger charge is 2.32. The number of nitriles is 1. The maximum Gasteiger partial charge on any atom is 0.312 e. The number of pyridine rings is 1. The maximum atomic E-state index is 14.6. The van der Waals surface area contributed by atoms with Gasteiger partial charge < -0.3 is 10.4 Å². The van der Waals surface area contributed by atoms with Gasteiger partial charge in [0.2, 0.25) is 0 Å². The Kier molecular flexibility index (Phi) is 5.18. The Balaban J connectivity index is 1.74. The van der Waals surface area contributed by atoms with Gasteiger partial charge in [-0.1, -0.05) is 11.6 Å². The van der Waals surface area contributed by atoms with Crippen LogP contribution in [-0.4, -0.2) is 36.4 Å². The molecule has 0 unspecified atom stereocenters. The molecule has 0 aliphatic rings. The summed E-state index contributed by atoms with van der Waals surface area (Å²) in [5, 5.41) is 25.2. The molecular weight excluding hydrogens is 435 g/mol. The molecule has 156 valence electrons. The lowest BCUT2D eigenvalue weighted by molar-refractivity contribution is -0.0592. The lowest BCUT2D eigenvalue weighted by Crippen LogP contribution is -2.20. The van der Waals surface area contributed by atoms with Crippen LogP contribution in [0.25, 0.3) is 16.6 Å². The van der Waals surface area contributed by atoms with Crippen molar-refractivity contribution in [1.82, 2.24) is 24.7 Å². The Morgan fingerprint density at radius 3 is 2.61 bits per heavy atom. The molecular formula is C19H11ClF3N7O. The number of benzene rings is 1. The number of fused-ring (bicyclic) bond motifs is 1. The molecule has 0 bridgehead atoms. The predicted molar refractivity (Wildman–Crippen MR) is 105 cm³/mol. The molecule has 0 radical (unpaired) electrons. The zero-order valence-corrected chi connectivity index (χ0v) is 16.1. The Morgan fingerprint density at radius 2 is 1.90 bits per heavy atom. The summed E-state index contributed by atoms with van der Waals surface area (Å²) in [5.74, 6) is -4.05. The summed E-state index contributed by atoms with van der Waals surface area (Å²) in [7, 11) is 0. The van der Waals surface area contributed by atoms with Crippen LogP contribution in [0.4, 0.5) is 24.8 Å². The number of anilines is 2. The fraction of sp³-hybridized carbons (Fsp3) is 0.105. The number of alkyl halides is 2. The molecule has 3 heterocycles. The molecule has 1 aromatic carbocycles. The van der Waals surface area contributed by atoms with Crippen molar-refractivity contribution in [3.63, 3.8) is 0 Å². The minimum atomic E-state index is -3.53. The van der Waals surface area contributed by atoms with Gasteiger partial charge >= 0.3 is 5.92 Å². The van der Waals surface area contributed by atoms with E-state index < -0.39 is 24.0 Å². The van der Waals surface area contributed by atoms with E-state index in [2.05, 4.69) is 25.4 Å². The molecule has 0 aliphatic carbocycles. The fourth-order valence-corrected chi connectivity index (χ4v) is 3.13. The highest BCUT2D eigenvalue weighted by Crippen LogP contribution is 2.30. The van der Waals surface area contributed by atoms with Crippen LogP contribution >= 0.6 is 11.6 Å². The highest BCUT2D eigenvalue weighted by atomic mass is 35.5. The van der Waals surface area contributed by atoms with Gasteiger partial charge in [0.1, 0.15) is 36.0 Å². The molecule has 0 spiro atoms. The van der Waals surface area contributed by atoms with E-state index in [-0.39, 0.29) is 27.9 Å². The normalized spacial score (nSPS) is 11.5. The Morgan fingerprint density at radius 1 is 1.13 bits per heavy atom. The average molecular weight is 446 g/mol. The van der Waals surface area contributed by atoms with Crippen molar-refractivity contribution < 1.29 is 18.3 Å². The van der Waals surface area contributed by atoms with Crippen molar-refractivity contribution in [3.05, 3.63) is 65.1 Å². The molecule has 31 heavy (non-hydrogen) atoms. The van der Waals surface area contributed by atoms with Crippen LogP contribution in [0.3, 0.4) is 0 Å².